The normalized spacial score (nSPS) is 4.18. The zero-order valence-corrected chi connectivity index (χ0v) is 11.6. The van der Waals surface area contributed by atoms with Crippen LogP contribution in [0.2, 0.25) is 0 Å². The molecule has 0 nitrogen and oxygen atoms in total. The minimum Gasteiger partial charge on any atom is -0.107 e. The van der Waals surface area contributed by atoms with Crippen molar-refractivity contribution in [3.63, 3.8) is 0 Å². The number of rotatable bonds is 1. The zero-order valence-electron chi connectivity index (χ0n) is 9.24. The molecule has 0 saturated carbocycles. The van der Waals surface area contributed by atoms with Crippen molar-refractivity contribution in [1.82, 2.24) is 0 Å². The Labute approximate surface area is 91.5 Å². The van der Waals surface area contributed by atoms with Gasteiger partial charge in [0.25, 0.3) is 0 Å². The Kier molecular flexibility index (Phi) is 420. The van der Waals surface area contributed by atoms with Gasteiger partial charge in [-0.3, -0.25) is 0 Å². The van der Waals surface area contributed by atoms with E-state index in [9.17, 15) is 0 Å². The van der Waals surface area contributed by atoms with Gasteiger partial charge in [0.1, 0.15) is 0 Å². The van der Waals surface area contributed by atoms with E-state index in [1.807, 2.05) is 27.7 Å². The van der Waals surface area contributed by atoms with E-state index in [0.717, 1.165) is 0 Å². The first-order valence-electron chi connectivity index (χ1n) is 4.41. The molecular formula is C10H27I. The first kappa shape index (κ1) is 30.0. The fourth-order valence-corrected chi connectivity index (χ4v) is 0. The molecule has 0 aliphatic carbocycles. The summed E-state index contributed by atoms with van der Waals surface area (Å²) in [6.45, 7) is 18.4. The van der Waals surface area contributed by atoms with Gasteiger partial charge >= 0.3 is 0 Å². The first-order chi connectivity index (χ1) is 4.91. The predicted molar refractivity (Wildman–Crippen MR) is 69.9 cm³/mol. The molecule has 0 aromatic carbocycles. The van der Waals surface area contributed by atoms with E-state index in [4.69, 9.17) is 0 Å². The van der Waals surface area contributed by atoms with E-state index >= 15 is 0 Å². The highest BCUT2D eigenvalue weighted by molar-refractivity contribution is 14.0. The summed E-state index contributed by atoms with van der Waals surface area (Å²) in [6, 6.07) is 0. The maximum atomic E-state index is 3.00. The highest BCUT2D eigenvalue weighted by atomic mass is 127. The van der Waals surface area contributed by atoms with Gasteiger partial charge in [-0.2, -0.15) is 0 Å². The molecule has 0 atom stereocenters. The van der Waals surface area contributed by atoms with Gasteiger partial charge < -0.3 is 0 Å². The van der Waals surface area contributed by atoms with Crippen LogP contribution in [0, 0.1) is 0 Å². The highest BCUT2D eigenvalue weighted by Crippen LogP contribution is 1.76. The lowest BCUT2D eigenvalue weighted by atomic mass is 10.4. The second-order valence-corrected chi connectivity index (χ2v) is 1.000. The zero-order chi connectivity index (χ0) is 9.41. The Morgan fingerprint density at radius 3 is 0.818 bits per heavy atom. The second kappa shape index (κ2) is 154. The van der Waals surface area contributed by atoms with Crippen LogP contribution in [0.5, 0.6) is 0 Å². The van der Waals surface area contributed by atoms with Crippen molar-refractivity contribution in [2.75, 3.05) is 0 Å². The van der Waals surface area contributed by atoms with Crippen molar-refractivity contribution in [2.24, 2.45) is 0 Å². The van der Waals surface area contributed by atoms with Gasteiger partial charge in [-0.15, -0.1) is 37.1 Å². The van der Waals surface area contributed by atoms with Crippen molar-refractivity contribution < 1.29 is 0 Å². The van der Waals surface area contributed by atoms with E-state index in [1.54, 1.807) is 0 Å². The minimum atomic E-state index is 0. The van der Waals surface area contributed by atoms with Gasteiger partial charge in [0.2, 0.25) is 0 Å². The molecule has 1 heteroatoms. The summed E-state index contributed by atoms with van der Waals surface area (Å²) in [5.74, 6) is 0. The molecule has 0 aromatic heterocycles. The molecule has 0 rings (SSSR count). The average molecular weight is 274 g/mol. The lowest BCUT2D eigenvalue weighted by molar-refractivity contribution is 0.886. The maximum absolute atomic E-state index is 3.00. The third-order valence-electron chi connectivity index (χ3n) is 0.500. The Balaban J connectivity index is -0.0000000152. The van der Waals surface area contributed by atoms with Crippen LogP contribution < -0.4 is 0 Å². The topological polar surface area (TPSA) is 0 Å². The van der Waals surface area contributed by atoms with Crippen molar-refractivity contribution in [3.8, 4) is 0 Å². The Morgan fingerprint density at radius 2 is 0.818 bits per heavy atom. The standard InChI is InChI=1S/C4H10.2C2H6.C2H4.HI/c1-3-4-2;3*1-2;/h3-4H2,1-2H3;2*1-2H3;1-2H2;1H. The molecule has 0 N–H and O–H groups in total. The molecule has 0 amide bonds. The molecular weight excluding hydrogens is 247 g/mol. The molecule has 11 heavy (non-hydrogen) atoms. The second-order valence-electron chi connectivity index (χ2n) is 1.000. The number of hydrogen-bond acceptors (Lipinski definition) is 0. The van der Waals surface area contributed by atoms with Crippen molar-refractivity contribution >= 4 is 24.0 Å². The Morgan fingerprint density at radius 1 is 0.727 bits per heavy atom. The van der Waals surface area contributed by atoms with Crippen molar-refractivity contribution in [2.45, 2.75) is 54.4 Å². The van der Waals surface area contributed by atoms with E-state index in [2.05, 4.69) is 27.0 Å². The summed E-state index contributed by atoms with van der Waals surface area (Å²) < 4.78 is 0. The lowest BCUT2D eigenvalue weighted by Crippen LogP contribution is -1.47. The fraction of sp³-hybridized carbons (Fsp3) is 0.800. The molecule has 0 aromatic rings. The Bertz CT molecular complexity index is 12.3. The van der Waals surface area contributed by atoms with E-state index < -0.39 is 0 Å². The fourth-order valence-electron chi connectivity index (χ4n) is 0. The SMILES string of the molecule is C=C.CC.CC.CCCC.I. The van der Waals surface area contributed by atoms with Gasteiger partial charge in [0.05, 0.1) is 0 Å². The van der Waals surface area contributed by atoms with Crippen LogP contribution in [0.25, 0.3) is 0 Å². The van der Waals surface area contributed by atoms with Crippen LogP contribution >= 0.6 is 24.0 Å². The largest absolute Gasteiger partial charge is 0.107 e. The first-order valence-corrected chi connectivity index (χ1v) is 4.41. The van der Waals surface area contributed by atoms with Crippen LogP contribution in [-0.2, 0) is 0 Å². The van der Waals surface area contributed by atoms with Gasteiger partial charge in [-0.25, -0.2) is 0 Å². The highest BCUT2D eigenvalue weighted by Gasteiger charge is 1.56. The summed E-state index contributed by atoms with van der Waals surface area (Å²) in [5, 5.41) is 0. The van der Waals surface area contributed by atoms with Crippen molar-refractivity contribution in [1.29, 1.82) is 0 Å². The van der Waals surface area contributed by atoms with Gasteiger partial charge in [0.15, 0.2) is 0 Å². The average Bonchev–Trinajstić information content (AvgIpc) is 2.14. The summed E-state index contributed by atoms with van der Waals surface area (Å²) in [6.07, 6.45) is 2.64. The van der Waals surface area contributed by atoms with E-state index in [-0.39, 0.29) is 24.0 Å². The van der Waals surface area contributed by atoms with E-state index in [0.29, 0.717) is 0 Å². The summed E-state index contributed by atoms with van der Waals surface area (Å²) in [7, 11) is 0. The third-order valence-corrected chi connectivity index (χ3v) is 0.500. The maximum Gasteiger partial charge on any atom is -0.0564 e. The number of hydrogen-bond donors (Lipinski definition) is 0. The molecule has 0 heterocycles. The molecule has 0 spiro atoms. The quantitative estimate of drug-likeness (QED) is 0.451. The minimum absolute atomic E-state index is 0. The molecule has 0 unspecified atom stereocenters. The molecule has 0 radical (unpaired) electrons. The molecule has 0 aliphatic heterocycles. The lowest BCUT2D eigenvalue weighted by Gasteiger charge is -1.68. The van der Waals surface area contributed by atoms with Crippen LogP contribution in [-0.4, -0.2) is 0 Å². The number of unbranched alkanes of at least 4 members (excludes halogenated alkanes) is 1. The van der Waals surface area contributed by atoms with Gasteiger partial charge in [-0.1, -0.05) is 54.4 Å². The van der Waals surface area contributed by atoms with E-state index in [1.165, 1.54) is 12.8 Å². The smallest absolute Gasteiger partial charge is 0.0564 e. The summed E-state index contributed by atoms with van der Waals surface area (Å²) in [4.78, 5) is 0. The molecule has 0 aliphatic rings. The van der Waals surface area contributed by atoms with Crippen molar-refractivity contribution in [3.05, 3.63) is 13.2 Å². The Hall–Kier alpha value is 0.470. The number of halogens is 1. The van der Waals surface area contributed by atoms with Crippen LogP contribution in [0.4, 0.5) is 0 Å². The van der Waals surface area contributed by atoms with Gasteiger partial charge in [0, 0.05) is 0 Å². The van der Waals surface area contributed by atoms with Gasteiger partial charge in [-0.05, 0) is 0 Å². The molecule has 0 saturated heterocycles. The monoisotopic (exact) mass is 274 g/mol. The molecule has 0 bridgehead atoms. The summed E-state index contributed by atoms with van der Waals surface area (Å²) >= 11 is 0. The third kappa shape index (κ3) is 348. The summed E-state index contributed by atoms with van der Waals surface area (Å²) in [5.41, 5.74) is 0. The molecule has 0 fully saturated rings. The molecule has 74 valence electrons. The predicted octanol–water partition coefficient (Wildman–Crippen LogP) is 5.28. The van der Waals surface area contributed by atoms with Crippen LogP contribution in [0.1, 0.15) is 54.4 Å². The van der Waals surface area contributed by atoms with Crippen LogP contribution in [0.15, 0.2) is 13.2 Å². The van der Waals surface area contributed by atoms with Crippen LogP contribution in [0.3, 0.4) is 0 Å².